The van der Waals surface area contributed by atoms with E-state index in [2.05, 4.69) is 4.72 Å². The van der Waals surface area contributed by atoms with Crippen LogP contribution in [0.15, 0.2) is 18.2 Å². The topological polar surface area (TPSA) is 55.4 Å². The molecule has 0 bridgehead atoms. The molecule has 1 N–H and O–H groups in total. The van der Waals surface area contributed by atoms with Crippen LogP contribution in [-0.4, -0.2) is 26.8 Å². The van der Waals surface area contributed by atoms with Crippen LogP contribution in [0, 0.1) is 17.6 Å². The maximum absolute atomic E-state index is 13.1. The molecular weight excluding hydrogens is 312 g/mol. The average molecular weight is 333 g/mol. The molecule has 0 heterocycles. The van der Waals surface area contributed by atoms with Gasteiger partial charge in [0.2, 0.25) is 10.0 Å². The number of halogens is 2. The molecule has 1 saturated carbocycles. The lowest BCUT2D eigenvalue weighted by molar-refractivity contribution is 0.179. The van der Waals surface area contributed by atoms with Crippen LogP contribution in [0.2, 0.25) is 0 Å². The Kier molecular flexibility index (Phi) is 5.74. The van der Waals surface area contributed by atoms with E-state index >= 15 is 0 Å². The maximum atomic E-state index is 13.1. The molecule has 0 aliphatic heterocycles. The van der Waals surface area contributed by atoms with Crippen molar-refractivity contribution in [2.24, 2.45) is 5.92 Å². The summed E-state index contributed by atoms with van der Waals surface area (Å²) in [6, 6.07) is 2.84. The monoisotopic (exact) mass is 333 g/mol. The summed E-state index contributed by atoms with van der Waals surface area (Å²) >= 11 is 0. The van der Waals surface area contributed by atoms with Gasteiger partial charge < -0.3 is 4.74 Å². The van der Waals surface area contributed by atoms with Gasteiger partial charge in [0.05, 0.1) is 12.4 Å². The zero-order chi connectivity index (χ0) is 16.2. The van der Waals surface area contributed by atoms with Crippen molar-refractivity contribution in [1.29, 1.82) is 0 Å². The van der Waals surface area contributed by atoms with Gasteiger partial charge in [0.15, 0.2) is 0 Å². The lowest BCUT2D eigenvalue weighted by atomic mass is 9.86. The van der Waals surface area contributed by atoms with Crippen LogP contribution >= 0.6 is 0 Å². The number of hydrogen-bond donors (Lipinski definition) is 1. The third-order valence-corrected chi connectivity index (χ3v) is 5.34. The van der Waals surface area contributed by atoms with Gasteiger partial charge in [-0.15, -0.1) is 0 Å². The van der Waals surface area contributed by atoms with Crippen LogP contribution < -0.4 is 9.46 Å². The van der Waals surface area contributed by atoms with Crippen molar-refractivity contribution in [3.05, 3.63) is 29.8 Å². The first-order valence-corrected chi connectivity index (χ1v) is 9.14. The van der Waals surface area contributed by atoms with Crippen LogP contribution in [-0.2, 0) is 10.0 Å². The van der Waals surface area contributed by atoms with E-state index in [1.54, 1.807) is 6.92 Å². The third-order valence-electron chi connectivity index (χ3n) is 3.92. The van der Waals surface area contributed by atoms with E-state index in [1.165, 1.54) is 0 Å². The molecule has 1 aliphatic carbocycles. The molecular formula is C15H21F2NO3S. The summed E-state index contributed by atoms with van der Waals surface area (Å²) in [6.45, 7) is 1.83. The van der Waals surface area contributed by atoms with Gasteiger partial charge in [0.25, 0.3) is 0 Å². The van der Waals surface area contributed by atoms with Crippen LogP contribution in [0.3, 0.4) is 0 Å². The smallest absolute Gasteiger partial charge is 0.211 e. The normalized spacial score (nSPS) is 22.5. The lowest BCUT2D eigenvalue weighted by Gasteiger charge is -2.31. The lowest BCUT2D eigenvalue weighted by Crippen LogP contribution is -2.44. The predicted molar refractivity (Wildman–Crippen MR) is 80.2 cm³/mol. The molecule has 2 atom stereocenters. The first-order valence-electron chi connectivity index (χ1n) is 7.48. The Morgan fingerprint density at radius 2 is 1.82 bits per heavy atom. The van der Waals surface area contributed by atoms with E-state index in [9.17, 15) is 17.2 Å². The number of sulfonamides is 1. The summed E-state index contributed by atoms with van der Waals surface area (Å²) in [5.41, 5.74) is 0. The van der Waals surface area contributed by atoms with Gasteiger partial charge in [0.1, 0.15) is 17.4 Å². The fourth-order valence-corrected chi connectivity index (χ4v) is 3.63. The van der Waals surface area contributed by atoms with Crippen molar-refractivity contribution < 1.29 is 21.9 Å². The SMILES string of the molecule is CCS(=O)(=O)NC1CCCCC1COc1cc(F)cc(F)c1. The van der Waals surface area contributed by atoms with Crippen molar-refractivity contribution in [3.63, 3.8) is 0 Å². The molecule has 2 rings (SSSR count). The van der Waals surface area contributed by atoms with Gasteiger partial charge >= 0.3 is 0 Å². The van der Waals surface area contributed by atoms with E-state index in [0.717, 1.165) is 43.9 Å². The minimum atomic E-state index is -3.27. The molecule has 1 aromatic rings. The Morgan fingerprint density at radius 3 is 2.45 bits per heavy atom. The highest BCUT2D eigenvalue weighted by Crippen LogP contribution is 2.26. The highest BCUT2D eigenvalue weighted by atomic mass is 32.2. The summed E-state index contributed by atoms with van der Waals surface area (Å²) in [7, 11) is -3.27. The van der Waals surface area contributed by atoms with E-state index in [-0.39, 0.29) is 30.1 Å². The average Bonchev–Trinajstić information content (AvgIpc) is 2.45. The fraction of sp³-hybridized carbons (Fsp3) is 0.600. The number of ether oxygens (including phenoxy) is 1. The molecule has 2 unspecified atom stereocenters. The van der Waals surface area contributed by atoms with Crippen molar-refractivity contribution in [3.8, 4) is 5.75 Å². The first-order chi connectivity index (χ1) is 10.4. The first kappa shape index (κ1) is 17.1. The summed E-state index contributed by atoms with van der Waals surface area (Å²) in [4.78, 5) is 0. The Labute approximate surface area is 129 Å². The zero-order valence-corrected chi connectivity index (χ0v) is 13.3. The number of rotatable bonds is 6. The quantitative estimate of drug-likeness (QED) is 0.871. The maximum Gasteiger partial charge on any atom is 0.211 e. The Bertz CT molecular complexity index is 587. The van der Waals surface area contributed by atoms with Crippen molar-refractivity contribution in [2.45, 2.75) is 38.6 Å². The van der Waals surface area contributed by atoms with E-state index in [4.69, 9.17) is 4.74 Å². The van der Waals surface area contributed by atoms with Crippen LogP contribution in [0.5, 0.6) is 5.75 Å². The second kappa shape index (κ2) is 7.37. The Balaban J connectivity index is 1.99. The predicted octanol–water partition coefficient (Wildman–Crippen LogP) is 2.84. The van der Waals surface area contributed by atoms with E-state index in [1.807, 2.05) is 0 Å². The minimum absolute atomic E-state index is 0.00130. The molecule has 0 spiro atoms. The van der Waals surface area contributed by atoms with Gasteiger partial charge in [-0.3, -0.25) is 0 Å². The number of benzene rings is 1. The van der Waals surface area contributed by atoms with Gasteiger partial charge in [-0.1, -0.05) is 12.8 Å². The van der Waals surface area contributed by atoms with E-state index in [0.29, 0.717) is 0 Å². The molecule has 7 heteroatoms. The number of hydrogen-bond acceptors (Lipinski definition) is 3. The highest BCUT2D eigenvalue weighted by molar-refractivity contribution is 7.89. The van der Waals surface area contributed by atoms with Crippen molar-refractivity contribution >= 4 is 10.0 Å². The molecule has 1 fully saturated rings. The van der Waals surface area contributed by atoms with Crippen LogP contribution in [0.25, 0.3) is 0 Å². The summed E-state index contributed by atoms with van der Waals surface area (Å²) < 4.78 is 57.9. The van der Waals surface area contributed by atoms with Gasteiger partial charge in [-0.05, 0) is 19.8 Å². The molecule has 0 amide bonds. The summed E-state index contributed by atoms with van der Waals surface area (Å²) in [6.07, 6.45) is 3.54. The molecule has 1 aliphatic rings. The zero-order valence-electron chi connectivity index (χ0n) is 12.5. The number of nitrogens with one attached hydrogen (secondary N) is 1. The molecule has 4 nitrogen and oxygen atoms in total. The second-order valence-electron chi connectivity index (χ2n) is 5.59. The minimum Gasteiger partial charge on any atom is -0.493 e. The molecule has 124 valence electrons. The third kappa shape index (κ3) is 4.91. The standard InChI is InChI=1S/C15H21F2NO3S/c1-2-22(19,20)18-15-6-4-3-5-11(15)10-21-14-8-12(16)7-13(17)9-14/h7-9,11,15,18H,2-6,10H2,1H3. The summed E-state index contributed by atoms with van der Waals surface area (Å²) in [5, 5.41) is 0. The highest BCUT2D eigenvalue weighted by Gasteiger charge is 2.28. The Morgan fingerprint density at radius 1 is 1.18 bits per heavy atom. The van der Waals surface area contributed by atoms with Crippen LogP contribution in [0.4, 0.5) is 8.78 Å². The van der Waals surface area contributed by atoms with Gasteiger partial charge in [-0.25, -0.2) is 21.9 Å². The molecule has 22 heavy (non-hydrogen) atoms. The summed E-state index contributed by atoms with van der Waals surface area (Å²) in [5.74, 6) is -1.23. The van der Waals surface area contributed by atoms with Crippen molar-refractivity contribution in [2.75, 3.05) is 12.4 Å². The fourth-order valence-electron chi connectivity index (χ4n) is 2.69. The molecule has 1 aromatic carbocycles. The molecule has 0 aromatic heterocycles. The second-order valence-corrected chi connectivity index (χ2v) is 7.63. The Hall–Kier alpha value is -1.21. The van der Waals surface area contributed by atoms with E-state index < -0.39 is 21.7 Å². The largest absolute Gasteiger partial charge is 0.493 e. The molecule has 0 saturated heterocycles. The van der Waals surface area contributed by atoms with Crippen LogP contribution in [0.1, 0.15) is 32.6 Å². The van der Waals surface area contributed by atoms with Crippen molar-refractivity contribution in [1.82, 2.24) is 4.72 Å². The van der Waals surface area contributed by atoms with Gasteiger partial charge in [0, 0.05) is 30.2 Å². The van der Waals surface area contributed by atoms with Gasteiger partial charge in [-0.2, -0.15) is 0 Å². The molecule has 0 radical (unpaired) electrons.